The molecule has 0 heterocycles. The highest BCUT2D eigenvalue weighted by molar-refractivity contribution is 5.95. The number of aryl methyl sites for hydroxylation is 2. The molecule has 2 aromatic carbocycles. The van der Waals surface area contributed by atoms with Gasteiger partial charge in [0.2, 0.25) is 0 Å². The Morgan fingerprint density at radius 1 is 1.05 bits per heavy atom. The standard InChI is InChI=1S/C17H17NO3/c1-12-8-9-13(2)15(10-12)18-16(19)11-21-17(20)14-6-4-3-5-7-14/h3-10H,11H2,1-2H3,(H,18,19). The molecular weight excluding hydrogens is 266 g/mol. The lowest BCUT2D eigenvalue weighted by Gasteiger charge is -2.09. The zero-order valence-electron chi connectivity index (χ0n) is 12.1. The van der Waals surface area contributed by atoms with E-state index in [2.05, 4.69) is 5.32 Å². The van der Waals surface area contributed by atoms with Crippen molar-refractivity contribution in [2.75, 3.05) is 11.9 Å². The molecule has 4 heteroatoms. The van der Waals surface area contributed by atoms with Crippen LogP contribution in [0.4, 0.5) is 5.69 Å². The number of carbonyl (C=O) groups is 2. The predicted octanol–water partition coefficient (Wildman–Crippen LogP) is 3.10. The maximum Gasteiger partial charge on any atom is 0.338 e. The third-order valence-electron chi connectivity index (χ3n) is 3.01. The van der Waals surface area contributed by atoms with E-state index in [1.807, 2.05) is 38.1 Å². The van der Waals surface area contributed by atoms with Gasteiger partial charge in [0.05, 0.1) is 5.56 Å². The molecule has 2 rings (SSSR count). The van der Waals surface area contributed by atoms with Crippen LogP contribution in [0.25, 0.3) is 0 Å². The second-order valence-electron chi connectivity index (χ2n) is 4.81. The molecule has 1 amide bonds. The number of hydrogen-bond donors (Lipinski definition) is 1. The number of ether oxygens (including phenoxy) is 1. The lowest BCUT2D eigenvalue weighted by Crippen LogP contribution is -2.21. The van der Waals surface area contributed by atoms with E-state index in [1.165, 1.54) is 0 Å². The first-order valence-electron chi connectivity index (χ1n) is 6.65. The summed E-state index contributed by atoms with van der Waals surface area (Å²) in [7, 11) is 0. The van der Waals surface area contributed by atoms with E-state index in [9.17, 15) is 9.59 Å². The summed E-state index contributed by atoms with van der Waals surface area (Å²) >= 11 is 0. The Bertz CT molecular complexity index is 650. The fourth-order valence-corrected chi connectivity index (χ4v) is 1.85. The highest BCUT2D eigenvalue weighted by Gasteiger charge is 2.10. The highest BCUT2D eigenvalue weighted by Crippen LogP contribution is 2.16. The van der Waals surface area contributed by atoms with Gasteiger partial charge < -0.3 is 10.1 Å². The molecule has 1 N–H and O–H groups in total. The van der Waals surface area contributed by atoms with E-state index in [1.54, 1.807) is 24.3 Å². The van der Waals surface area contributed by atoms with Crippen molar-refractivity contribution < 1.29 is 14.3 Å². The highest BCUT2D eigenvalue weighted by atomic mass is 16.5. The summed E-state index contributed by atoms with van der Waals surface area (Å²) in [6.07, 6.45) is 0. The van der Waals surface area contributed by atoms with Crippen molar-refractivity contribution in [1.29, 1.82) is 0 Å². The Kier molecular flexibility index (Phi) is 4.72. The topological polar surface area (TPSA) is 55.4 Å². The van der Waals surface area contributed by atoms with Crippen molar-refractivity contribution in [3.05, 3.63) is 65.2 Å². The second-order valence-corrected chi connectivity index (χ2v) is 4.81. The number of esters is 1. The SMILES string of the molecule is Cc1ccc(C)c(NC(=O)COC(=O)c2ccccc2)c1. The van der Waals surface area contributed by atoms with Crippen molar-refractivity contribution in [2.24, 2.45) is 0 Å². The summed E-state index contributed by atoms with van der Waals surface area (Å²) in [6.45, 7) is 3.55. The fourth-order valence-electron chi connectivity index (χ4n) is 1.85. The molecule has 0 aromatic heterocycles. The van der Waals surface area contributed by atoms with Crippen LogP contribution in [0.1, 0.15) is 21.5 Å². The fraction of sp³-hybridized carbons (Fsp3) is 0.176. The lowest BCUT2D eigenvalue weighted by atomic mass is 10.1. The number of nitrogens with one attached hydrogen (secondary N) is 1. The Balaban J connectivity index is 1.91. The van der Waals surface area contributed by atoms with Gasteiger partial charge in [0.1, 0.15) is 0 Å². The first kappa shape index (κ1) is 14.8. The molecule has 0 aliphatic carbocycles. The minimum atomic E-state index is -0.508. The van der Waals surface area contributed by atoms with Gasteiger partial charge in [-0.2, -0.15) is 0 Å². The van der Waals surface area contributed by atoms with Crippen LogP contribution >= 0.6 is 0 Å². The van der Waals surface area contributed by atoms with Crippen LogP contribution in [-0.4, -0.2) is 18.5 Å². The van der Waals surface area contributed by atoms with Gasteiger partial charge in [-0.05, 0) is 43.2 Å². The van der Waals surface area contributed by atoms with Crippen LogP contribution < -0.4 is 5.32 Å². The predicted molar refractivity (Wildman–Crippen MR) is 81.3 cm³/mol. The van der Waals surface area contributed by atoms with Crippen LogP contribution in [0, 0.1) is 13.8 Å². The van der Waals surface area contributed by atoms with Gasteiger partial charge in [-0.25, -0.2) is 4.79 Å². The molecule has 0 fully saturated rings. The molecule has 0 aliphatic heterocycles. The zero-order valence-corrected chi connectivity index (χ0v) is 12.1. The smallest absolute Gasteiger partial charge is 0.338 e. The van der Waals surface area contributed by atoms with Crippen LogP contribution in [0.2, 0.25) is 0 Å². The molecule has 0 saturated heterocycles. The molecule has 0 unspecified atom stereocenters. The molecule has 0 spiro atoms. The van der Waals surface area contributed by atoms with Crippen molar-refractivity contribution in [3.8, 4) is 0 Å². The first-order valence-corrected chi connectivity index (χ1v) is 6.65. The maximum atomic E-state index is 11.8. The van der Waals surface area contributed by atoms with Crippen LogP contribution in [0.15, 0.2) is 48.5 Å². The van der Waals surface area contributed by atoms with E-state index in [-0.39, 0.29) is 12.5 Å². The summed E-state index contributed by atoms with van der Waals surface area (Å²) in [5.74, 6) is -0.861. The third-order valence-corrected chi connectivity index (χ3v) is 3.01. The van der Waals surface area contributed by atoms with Gasteiger partial charge in [0.15, 0.2) is 6.61 Å². The van der Waals surface area contributed by atoms with Gasteiger partial charge in [-0.15, -0.1) is 0 Å². The average molecular weight is 283 g/mol. The minimum Gasteiger partial charge on any atom is -0.452 e. The Hall–Kier alpha value is -2.62. The summed E-state index contributed by atoms with van der Waals surface area (Å²) in [4.78, 5) is 23.5. The number of hydrogen-bond acceptors (Lipinski definition) is 3. The Morgan fingerprint density at radius 3 is 2.48 bits per heavy atom. The summed E-state index contributed by atoms with van der Waals surface area (Å²) < 4.78 is 4.98. The van der Waals surface area contributed by atoms with Gasteiger partial charge in [0, 0.05) is 5.69 Å². The molecule has 4 nitrogen and oxygen atoms in total. The first-order chi connectivity index (χ1) is 10.1. The average Bonchev–Trinajstić information content (AvgIpc) is 2.49. The molecular formula is C17H17NO3. The molecule has 0 bridgehead atoms. The zero-order chi connectivity index (χ0) is 15.2. The van der Waals surface area contributed by atoms with Crippen LogP contribution in [-0.2, 0) is 9.53 Å². The second kappa shape index (κ2) is 6.70. The molecule has 21 heavy (non-hydrogen) atoms. The van der Waals surface area contributed by atoms with E-state index in [0.29, 0.717) is 5.56 Å². The summed E-state index contributed by atoms with van der Waals surface area (Å²) in [5.41, 5.74) is 3.17. The lowest BCUT2D eigenvalue weighted by molar-refractivity contribution is -0.119. The largest absolute Gasteiger partial charge is 0.452 e. The normalized spacial score (nSPS) is 10.0. The summed E-state index contributed by atoms with van der Waals surface area (Å²) in [5, 5.41) is 2.74. The quantitative estimate of drug-likeness (QED) is 0.877. The van der Waals surface area contributed by atoms with Crippen LogP contribution in [0.5, 0.6) is 0 Å². The van der Waals surface area contributed by atoms with E-state index < -0.39 is 5.97 Å². The number of benzene rings is 2. The van der Waals surface area contributed by atoms with E-state index in [0.717, 1.165) is 16.8 Å². The number of anilines is 1. The van der Waals surface area contributed by atoms with Gasteiger partial charge in [-0.1, -0.05) is 30.3 Å². The van der Waals surface area contributed by atoms with Gasteiger partial charge in [0.25, 0.3) is 5.91 Å². The number of rotatable bonds is 4. The molecule has 0 saturated carbocycles. The van der Waals surface area contributed by atoms with Crippen molar-refractivity contribution in [1.82, 2.24) is 0 Å². The third kappa shape index (κ3) is 4.18. The molecule has 0 radical (unpaired) electrons. The van der Waals surface area contributed by atoms with E-state index >= 15 is 0 Å². The summed E-state index contributed by atoms with van der Waals surface area (Å²) in [6, 6.07) is 14.4. The Morgan fingerprint density at radius 2 is 1.76 bits per heavy atom. The van der Waals surface area contributed by atoms with Crippen LogP contribution in [0.3, 0.4) is 0 Å². The van der Waals surface area contributed by atoms with Crippen molar-refractivity contribution >= 4 is 17.6 Å². The Labute approximate surface area is 123 Å². The van der Waals surface area contributed by atoms with Crippen molar-refractivity contribution in [3.63, 3.8) is 0 Å². The molecule has 0 atom stereocenters. The number of carbonyl (C=O) groups excluding carboxylic acids is 2. The minimum absolute atomic E-state index is 0.304. The van der Waals surface area contributed by atoms with Gasteiger partial charge in [-0.3, -0.25) is 4.79 Å². The van der Waals surface area contributed by atoms with E-state index in [4.69, 9.17) is 4.74 Å². The molecule has 108 valence electrons. The van der Waals surface area contributed by atoms with Gasteiger partial charge >= 0.3 is 5.97 Å². The maximum absolute atomic E-state index is 11.8. The molecule has 0 aliphatic rings. The molecule has 2 aromatic rings. The number of amides is 1. The monoisotopic (exact) mass is 283 g/mol. The van der Waals surface area contributed by atoms with Crippen molar-refractivity contribution in [2.45, 2.75) is 13.8 Å².